The number of rotatable bonds is 9. The number of piperazine rings is 1. The lowest BCUT2D eigenvalue weighted by molar-refractivity contribution is -0.384. The number of carbonyl (C=O) groups is 1. The van der Waals surface area contributed by atoms with Crippen molar-refractivity contribution in [2.45, 2.75) is 52.0 Å². The van der Waals surface area contributed by atoms with Crippen molar-refractivity contribution in [2.75, 3.05) is 38.1 Å². The first-order valence-corrected chi connectivity index (χ1v) is 9.99. The van der Waals surface area contributed by atoms with Crippen molar-refractivity contribution in [3.8, 4) is 0 Å². The number of likely N-dealkylation sites (N-methyl/N-ethyl adjacent to an activating group) is 1. The molecular weight excluding hydrogens is 344 g/mol. The molecule has 1 aliphatic rings. The van der Waals surface area contributed by atoms with Crippen LogP contribution in [0.1, 0.15) is 56.3 Å². The van der Waals surface area contributed by atoms with Gasteiger partial charge in [0.25, 0.3) is 11.6 Å². The summed E-state index contributed by atoms with van der Waals surface area (Å²) in [6.07, 6.45) is 5.17. The van der Waals surface area contributed by atoms with Crippen molar-refractivity contribution in [1.29, 1.82) is 0 Å². The maximum absolute atomic E-state index is 12.6. The summed E-state index contributed by atoms with van der Waals surface area (Å²) in [7, 11) is 2.05. The van der Waals surface area contributed by atoms with E-state index in [1.807, 2.05) is 11.9 Å². The van der Waals surface area contributed by atoms with E-state index in [-0.39, 0.29) is 22.6 Å². The molecular formula is C20H32N4O3. The second kappa shape index (κ2) is 10.3. The number of unbranched alkanes of at least 4 members (excludes halogenated alkanes) is 2. The van der Waals surface area contributed by atoms with Crippen molar-refractivity contribution in [1.82, 2.24) is 10.2 Å². The number of hydrogen-bond acceptors (Lipinski definition) is 5. The summed E-state index contributed by atoms with van der Waals surface area (Å²) in [6.45, 7) is 7.44. The Morgan fingerprint density at radius 1 is 1.22 bits per heavy atom. The minimum atomic E-state index is -0.386. The zero-order valence-corrected chi connectivity index (χ0v) is 16.7. The topological polar surface area (TPSA) is 78.7 Å². The zero-order valence-electron chi connectivity index (χ0n) is 16.7. The monoisotopic (exact) mass is 376 g/mol. The van der Waals surface area contributed by atoms with Crippen molar-refractivity contribution in [2.24, 2.45) is 0 Å². The third kappa shape index (κ3) is 5.92. The number of nitro groups is 1. The maximum atomic E-state index is 12.6. The molecule has 2 rings (SSSR count). The molecule has 1 unspecified atom stereocenters. The Bertz CT molecular complexity index is 642. The van der Waals surface area contributed by atoms with Crippen LogP contribution in [0.5, 0.6) is 0 Å². The zero-order chi connectivity index (χ0) is 19.8. The van der Waals surface area contributed by atoms with Crippen LogP contribution >= 0.6 is 0 Å². The number of nitro benzene ring substituents is 1. The molecule has 0 spiro atoms. The van der Waals surface area contributed by atoms with Crippen molar-refractivity contribution in [3.63, 3.8) is 0 Å². The quantitative estimate of drug-likeness (QED) is 0.406. The lowest BCUT2D eigenvalue weighted by Crippen LogP contribution is -2.44. The van der Waals surface area contributed by atoms with Gasteiger partial charge in [0.2, 0.25) is 0 Å². The minimum absolute atomic E-state index is 0.00577. The normalized spacial score (nSPS) is 16.2. The van der Waals surface area contributed by atoms with E-state index in [4.69, 9.17) is 0 Å². The van der Waals surface area contributed by atoms with Crippen molar-refractivity contribution >= 4 is 17.3 Å². The predicted octanol–water partition coefficient (Wildman–Crippen LogP) is 3.44. The van der Waals surface area contributed by atoms with Crippen LogP contribution in [0.3, 0.4) is 0 Å². The van der Waals surface area contributed by atoms with Crippen LogP contribution in [0.4, 0.5) is 11.4 Å². The highest BCUT2D eigenvalue weighted by Crippen LogP contribution is 2.30. The predicted molar refractivity (Wildman–Crippen MR) is 108 cm³/mol. The Hall–Kier alpha value is -2.15. The molecule has 1 N–H and O–H groups in total. The number of amides is 1. The third-order valence-corrected chi connectivity index (χ3v) is 5.26. The van der Waals surface area contributed by atoms with Crippen LogP contribution in [0.15, 0.2) is 18.2 Å². The fourth-order valence-corrected chi connectivity index (χ4v) is 3.41. The van der Waals surface area contributed by atoms with Gasteiger partial charge in [-0.2, -0.15) is 0 Å². The molecule has 1 aromatic rings. The second-order valence-corrected chi connectivity index (χ2v) is 7.33. The van der Waals surface area contributed by atoms with Gasteiger partial charge in [-0.25, -0.2) is 0 Å². The molecule has 1 heterocycles. The fraction of sp³-hybridized carbons (Fsp3) is 0.650. The summed E-state index contributed by atoms with van der Waals surface area (Å²) in [4.78, 5) is 28.0. The molecule has 1 fully saturated rings. The first-order valence-electron chi connectivity index (χ1n) is 9.99. The van der Waals surface area contributed by atoms with E-state index in [1.165, 1.54) is 6.07 Å². The molecule has 0 saturated carbocycles. The Morgan fingerprint density at radius 2 is 1.93 bits per heavy atom. The molecule has 0 aliphatic carbocycles. The van der Waals surface area contributed by atoms with Crippen molar-refractivity contribution < 1.29 is 9.72 Å². The van der Waals surface area contributed by atoms with Crippen molar-refractivity contribution in [3.05, 3.63) is 33.9 Å². The first kappa shape index (κ1) is 21.2. The van der Waals surface area contributed by atoms with Crippen LogP contribution in [0, 0.1) is 10.1 Å². The highest BCUT2D eigenvalue weighted by Gasteiger charge is 2.24. The Labute approximate surface area is 161 Å². The molecule has 1 aromatic carbocycles. The number of carbonyl (C=O) groups excluding carboxylic acids is 1. The Morgan fingerprint density at radius 3 is 2.52 bits per heavy atom. The molecule has 0 bridgehead atoms. The Balaban J connectivity index is 2.12. The third-order valence-electron chi connectivity index (χ3n) is 5.26. The summed E-state index contributed by atoms with van der Waals surface area (Å²) in [5, 5.41) is 14.6. The van der Waals surface area contributed by atoms with Crippen LogP contribution < -0.4 is 10.2 Å². The van der Waals surface area contributed by atoms with Crippen LogP contribution in [-0.4, -0.2) is 55.0 Å². The van der Waals surface area contributed by atoms with E-state index in [2.05, 4.69) is 24.1 Å². The van der Waals surface area contributed by atoms with Gasteiger partial charge < -0.3 is 15.1 Å². The van der Waals surface area contributed by atoms with Gasteiger partial charge in [0.1, 0.15) is 5.69 Å². The Kier molecular flexibility index (Phi) is 8.03. The van der Waals surface area contributed by atoms with Gasteiger partial charge in [-0.3, -0.25) is 14.9 Å². The molecule has 1 aliphatic heterocycles. The van der Waals surface area contributed by atoms with Gasteiger partial charge in [-0.1, -0.05) is 33.1 Å². The first-order chi connectivity index (χ1) is 13.0. The molecule has 7 nitrogen and oxygen atoms in total. The lowest BCUT2D eigenvalue weighted by Gasteiger charge is -2.33. The van der Waals surface area contributed by atoms with E-state index in [0.29, 0.717) is 11.3 Å². The lowest BCUT2D eigenvalue weighted by atomic mass is 10.0. The molecule has 7 heteroatoms. The van der Waals surface area contributed by atoms with E-state index < -0.39 is 0 Å². The molecule has 1 saturated heterocycles. The van der Waals surface area contributed by atoms with Gasteiger partial charge >= 0.3 is 0 Å². The number of anilines is 1. The van der Waals surface area contributed by atoms with Gasteiger partial charge in [0.15, 0.2) is 0 Å². The van der Waals surface area contributed by atoms with Gasteiger partial charge in [-0.15, -0.1) is 0 Å². The summed E-state index contributed by atoms with van der Waals surface area (Å²) in [5.41, 5.74) is 0.958. The minimum Gasteiger partial charge on any atom is -0.363 e. The SMILES string of the molecule is CCCCCC(CC)NC(=O)c1ccc(N2CCN(C)CC2)c([N+](=O)[O-])c1. The molecule has 0 aromatic heterocycles. The van der Waals surface area contributed by atoms with E-state index in [9.17, 15) is 14.9 Å². The number of hydrogen-bond donors (Lipinski definition) is 1. The summed E-state index contributed by atoms with van der Waals surface area (Å²) >= 11 is 0. The second-order valence-electron chi connectivity index (χ2n) is 7.33. The summed E-state index contributed by atoms with van der Waals surface area (Å²) < 4.78 is 0. The summed E-state index contributed by atoms with van der Waals surface area (Å²) in [6, 6.07) is 4.95. The molecule has 1 atom stereocenters. The van der Waals surface area contributed by atoms with E-state index >= 15 is 0 Å². The maximum Gasteiger partial charge on any atom is 0.293 e. The standard InChI is InChI=1S/C20H32N4O3/c1-4-6-7-8-17(5-2)21-20(25)16-9-10-18(19(15-16)24(26)27)23-13-11-22(3)12-14-23/h9-10,15,17H,4-8,11-14H2,1-3H3,(H,21,25). The van der Waals surface area contributed by atoms with Gasteiger partial charge in [0.05, 0.1) is 4.92 Å². The number of benzene rings is 1. The van der Waals surface area contributed by atoms with E-state index in [1.54, 1.807) is 12.1 Å². The van der Waals surface area contributed by atoms with Crippen LogP contribution in [-0.2, 0) is 0 Å². The van der Waals surface area contributed by atoms with Crippen LogP contribution in [0.2, 0.25) is 0 Å². The molecule has 150 valence electrons. The largest absolute Gasteiger partial charge is 0.363 e. The molecule has 0 radical (unpaired) electrons. The number of nitrogens with zero attached hydrogens (tertiary/aromatic N) is 3. The number of nitrogens with one attached hydrogen (secondary N) is 1. The molecule has 1 amide bonds. The van der Waals surface area contributed by atoms with E-state index in [0.717, 1.165) is 58.3 Å². The van der Waals surface area contributed by atoms with Gasteiger partial charge in [-0.05, 0) is 32.0 Å². The van der Waals surface area contributed by atoms with Gasteiger partial charge in [0, 0.05) is 43.9 Å². The summed E-state index contributed by atoms with van der Waals surface area (Å²) in [5.74, 6) is -0.230. The van der Waals surface area contributed by atoms with Crippen LogP contribution in [0.25, 0.3) is 0 Å². The molecule has 27 heavy (non-hydrogen) atoms. The fourth-order valence-electron chi connectivity index (χ4n) is 3.41. The highest BCUT2D eigenvalue weighted by atomic mass is 16.6. The average Bonchev–Trinajstić information content (AvgIpc) is 2.67. The average molecular weight is 377 g/mol. The smallest absolute Gasteiger partial charge is 0.293 e. The highest BCUT2D eigenvalue weighted by molar-refractivity contribution is 5.96.